The number of hydrogen-bond acceptors (Lipinski definition) is 3. The Bertz CT molecular complexity index is 642. The molecular weight excluding hydrogens is 292 g/mol. The number of rotatable bonds is 4. The summed E-state index contributed by atoms with van der Waals surface area (Å²) in [6, 6.07) is 14.3. The van der Waals surface area contributed by atoms with E-state index in [1.165, 1.54) is 5.56 Å². The Morgan fingerprint density at radius 3 is 2.64 bits per heavy atom. The van der Waals surface area contributed by atoms with Gasteiger partial charge in [0.1, 0.15) is 0 Å². The van der Waals surface area contributed by atoms with Gasteiger partial charge in [-0.1, -0.05) is 44.2 Å². The lowest BCUT2D eigenvalue weighted by Crippen LogP contribution is -2.51. The standard InChI is InChI=1S/C18H20N2OS/c1-3-22-16-10-9-15(11-19-16)18(21)20-12-13(2)17(20)14-7-5-4-6-8-14/h4-11,13,17H,3,12H2,1-2H3/t13-,17-/m1/s1. The topological polar surface area (TPSA) is 33.2 Å². The molecule has 0 radical (unpaired) electrons. The Labute approximate surface area is 135 Å². The molecule has 0 bridgehead atoms. The molecule has 1 fully saturated rings. The molecule has 0 N–H and O–H groups in total. The molecule has 0 spiro atoms. The fourth-order valence-corrected chi connectivity index (χ4v) is 3.55. The van der Waals surface area contributed by atoms with Crippen LogP contribution in [-0.2, 0) is 0 Å². The smallest absolute Gasteiger partial charge is 0.255 e. The van der Waals surface area contributed by atoms with E-state index in [1.54, 1.807) is 18.0 Å². The van der Waals surface area contributed by atoms with Gasteiger partial charge in [0.2, 0.25) is 0 Å². The summed E-state index contributed by atoms with van der Waals surface area (Å²) in [6.07, 6.45) is 1.70. The van der Waals surface area contributed by atoms with Crippen LogP contribution >= 0.6 is 11.8 Å². The monoisotopic (exact) mass is 312 g/mol. The second-order valence-electron chi connectivity index (χ2n) is 5.61. The first-order valence-corrected chi connectivity index (χ1v) is 8.64. The summed E-state index contributed by atoms with van der Waals surface area (Å²) in [6.45, 7) is 5.10. The molecule has 114 valence electrons. The van der Waals surface area contributed by atoms with Crippen molar-refractivity contribution >= 4 is 17.7 Å². The van der Waals surface area contributed by atoms with Gasteiger partial charge >= 0.3 is 0 Å². The number of hydrogen-bond donors (Lipinski definition) is 0. The molecule has 3 nitrogen and oxygen atoms in total. The Morgan fingerprint density at radius 1 is 1.27 bits per heavy atom. The van der Waals surface area contributed by atoms with Gasteiger partial charge in [-0.15, -0.1) is 11.8 Å². The molecule has 22 heavy (non-hydrogen) atoms. The minimum absolute atomic E-state index is 0.0764. The van der Waals surface area contributed by atoms with Gasteiger partial charge in [0, 0.05) is 12.7 Å². The number of pyridine rings is 1. The zero-order valence-corrected chi connectivity index (χ0v) is 13.7. The molecular formula is C18H20N2OS. The van der Waals surface area contributed by atoms with Gasteiger partial charge in [0.25, 0.3) is 5.91 Å². The van der Waals surface area contributed by atoms with E-state index in [2.05, 4.69) is 31.0 Å². The maximum atomic E-state index is 12.7. The van der Waals surface area contributed by atoms with Crippen LogP contribution in [0.1, 0.15) is 35.8 Å². The van der Waals surface area contributed by atoms with Gasteiger partial charge in [-0.05, 0) is 29.4 Å². The average molecular weight is 312 g/mol. The lowest BCUT2D eigenvalue weighted by molar-refractivity contribution is 0.0197. The van der Waals surface area contributed by atoms with Crippen LogP contribution in [0.5, 0.6) is 0 Å². The highest BCUT2D eigenvalue weighted by atomic mass is 32.2. The van der Waals surface area contributed by atoms with Gasteiger partial charge in [-0.3, -0.25) is 4.79 Å². The van der Waals surface area contributed by atoms with Crippen molar-refractivity contribution in [2.24, 2.45) is 5.92 Å². The highest BCUT2D eigenvalue weighted by Gasteiger charge is 2.40. The van der Waals surface area contributed by atoms with E-state index < -0.39 is 0 Å². The normalized spacial score (nSPS) is 20.5. The maximum Gasteiger partial charge on any atom is 0.255 e. The van der Waals surface area contributed by atoms with Gasteiger partial charge in [0.05, 0.1) is 16.6 Å². The molecule has 2 aromatic rings. The van der Waals surface area contributed by atoms with Crippen molar-refractivity contribution in [2.45, 2.75) is 24.9 Å². The van der Waals surface area contributed by atoms with Gasteiger partial charge < -0.3 is 4.90 Å². The van der Waals surface area contributed by atoms with Crippen molar-refractivity contribution < 1.29 is 4.79 Å². The van der Waals surface area contributed by atoms with E-state index in [0.29, 0.717) is 11.5 Å². The molecule has 1 aliphatic heterocycles. The van der Waals surface area contributed by atoms with Crippen molar-refractivity contribution in [3.63, 3.8) is 0 Å². The number of aromatic nitrogens is 1. The summed E-state index contributed by atoms with van der Waals surface area (Å²) in [5.41, 5.74) is 1.88. The molecule has 1 aromatic heterocycles. The second-order valence-corrected chi connectivity index (χ2v) is 6.89. The molecule has 1 aliphatic rings. The van der Waals surface area contributed by atoms with Gasteiger partial charge in [0.15, 0.2) is 0 Å². The van der Waals surface area contributed by atoms with Gasteiger partial charge in [-0.2, -0.15) is 0 Å². The number of nitrogens with zero attached hydrogens (tertiary/aromatic N) is 2. The third-order valence-corrected chi connectivity index (χ3v) is 4.86. The van der Waals surface area contributed by atoms with E-state index in [1.807, 2.05) is 35.2 Å². The number of benzene rings is 1. The molecule has 0 unspecified atom stereocenters. The largest absolute Gasteiger partial charge is 0.331 e. The fraction of sp³-hybridized carbons (Fsp3) is 0.333. The summed E-state index contributed by atoms with van der Waals surface area (Å²) in [5.74, 6) is 1.56. The maximum absolute atomic E-state index is 12.7. The highest BCUT2D eigenvalue weighted by molar-refractivity contribution is 7.99. The quantitative estimate of drug-likeness (QED) is 0.799. The molecule has 4 heteroatoms. The highest BCUT2D eigenvalue weighted by Crippen LogP contribution is 2.39. The van der Waals surface area contributed by atoms with Gasteiger partial charge in [-0.25, -0.2) is 4.98 Å². The lowest BCUT2D eigenvalue weighted by Gasteiger charge is -2.47. The van der Waals surface area contributed by atoms with Crippen molar-refractivity contribution in [1.29, 1.82) is 0 Å². The van der Waals surface area contributed by atoms with Crippen molar-refractivity contribution in [3.8, 4) is 0 Å². The molecule has 3 rings (SSSR count). The lowest BCUT2D eigenvalue weighted by atomic mass is 9.84. The van der Waals surface area contributed by atoms with E-state index in [4.69, 9.17) is 0 Å². The minimum atomic E-state index is 0.0764. The van der Waals surface area contributed by atoms with E-state index in [-0.39, 0.29) is 11.9 Å². The summed E-state index contributed by atoms with van der Waals surface area (Å²) in [7, 11) is 0. The van der Waals surface area contributed by atoms with Crippen LogP contribution in [0.3, 0.4) is 0 Å². The predicted octanol–water partition coefficient (Wildman–Crippen LogP) is 4.03. The average Bonchev–Trinajstić information content (AvgIpc) is 2.54. The van der Waals surface area contributed by atoms with Crippen molar-refractivity contribution in [3.05, 3.63) is 59.8 Å². The summed E-state index contributed by atoms with van der Waals surface area (Å²) in [5, 5.41) is 0.968. The van der Waals surface area contributed by atoms with Crippen LogP contribution in [0.15, 0.2) is 53.7 Å². The fourth-order valence-electron chi connectivity index (χ4n) is 2.97. The van der Waals surface area contributed by atoms with E-state index in [9.17, 15) is 4.79 Å². The van der Waals surface area contributed by atoms with Crippen LogP contribution in [0, 0.1) is 5.92 Å². The molecule has 0 aliphatic carbocycles. The Hall–Kier alpha value is -1.81. The molecule has 0 saturated carbocycles. The summed E-state index contributed by atoms with van der Waals surface area (Å²) < 4.78 is 0. The predicted molar refractivity (Wildman–Crippen MR) is 90.0 cm³/mol. The van der Waals surface area contributed by atoms with E-state index >= 15 is 0 Å². The first-order chi connectivity index (χ1) is 10.7. The van der Waals surface area contributed by atoms with Crippen LogP contribution in [-0.4, -0.2) is 28.1 Å². The van der Waals surface area contributed by atoms with Crippen molar-refractivity contribution in [2.75, 3.05) is 12.3 Å². The molecule has 1 aromatic carbocycles. The van der Waals surface area contributed by atoms with E-state index in [0.717, 1.165) is 17.3 Å². The third kappa shape index (κ3) is 2.88. The molecule has 1 amide bonds. The van der Waals surface area contributed by atoms with Crippen LogP contribution in [0.25, 0.3) is 0 Å². The molecule has 1 saturated heterocycles. The molecule has 2 atom stereocenters. The number of carbonyl (C=O) groups excluding carboxylic acids is 1. The van der Waals surface area contributed by atoms with Crippen molar-refractivity contribution in [1.82, 2.24) is 9.88 Å². The Kier molecular flexibility index (Phi) is 4.48. The molecule has 2 heterocycles. The summed E-state index contributed by atoms with van der Waals surface area (Å²) in [4.78, 5) is 19.0. The SMILES string of the molecule is CCSc1ccc(C(=O)N2C[C@@H](C)[C@@H]2c2ccccc2)cn1. The first kappa shape index (κ1) is 15.1. The first-order valence-electron chi connectivity index (χ1n) is 7.65. The second kappa shape index (κ2) is 6.53. The number of carbonyl (C=O) groups is 1. The number of likely N-dealkylation sites (tertiary alicyclic amines) is 1. The van der Waals surface area contributed by atoms with Crippen LogP contribution < -0.4 is 0 Å². The number of amides is 1. The van der Waals surface area contributed by atoms with Crippen LogP contribution in [0.2, 0.25) is 0 Å². The zero-order valence-electron chi connectivity index (χ0n) is 12.9. The zero-order chi connectivity index (χ0) is 15.5. The minimum Gasteiger partial charge on any atom is -0.331 e. The Balaban J connectivity index is 1.77. The third-order valence-electron chi connectivity index (χ3n) is 4.04. The van der Waals surface area contributed by atoms with Crippen LogP contribution in [0.4, 0.5) is 0 Å². The number of thioether (sulfide) groups is 1. The Morgan fingerprint density at radius 2 is 2.05 bits per heavy atom. The summed E-state index contributed by atoms with van der Waals surface area (Å²) >= 11 is 1.69.